The van der Waals surface area contributed by atoms with E-state index in [9.17, 15) is 0 Å². The summed E-state index contributed by atoms with van der Waals surface area (Å²) in [4.78, 5) is 0. The van der Waals surface area contributed by atoms with Crippen molar-refractivity contribution in [3.63, 3.8) is 0 Å². The Kier molecular flexibility index (Phi) is 8.07. The van der Waals surface area contributed by atoms with Gasteiger partial charge >= 0.3 is 0 Å². The molecule has 0 saturated carbocycles. The van der Waals surface area contributed by atoms with Gasteiger partial charge in [0.2, 0.25) is 0 Å². The average Bonchev–Trinajstić information content (AvgIpc) is 2.05. The molecule has 0 bridgehead atoms. The molecule has 0 fully saturated rings. The molecule has 0 radical (unpaired) electrons. The van der Waals surface area contributed by atoms with Gasteiger partial charge in [0.1, 0.15) is 0 Å². The van der Waals surface area contributed by atoms with E-state index in [0.29, 0.717) is 12.0 Å². The molecule has 0 aromatic heterocycles. The number of unbranched alkanes of at least 4 members (excludes halogenated alkanes) is 2. The standard InChI is InChI=1S/C11H23BrO/c1-11(2,7-3-5-9-12)8-4-6-10-13/h13H,3-10H2,1-2H3. The molecule has 0 amide bonds. The van der Waals surface area contributed by atoms with E-state index in [2.05, 4.69) is 29.8 Å². The first-order valence-corrected chi connectivity index (χ1v) is 6.41. The molecule has 0 aliphatic rings. The van der Waals surface area contributed by atoms with Crippen LogP contribution in [0, 0.1) is 5.41 Å². The van der Waals surface area contributed by atoms with E-state index < -0.39 is 0 Å². The van der Waals surface area contributed by atoms with Gasteiger partial charge in [-0.1, -0.05) is 42.6 Å². The maximum atomic E-state index is 8.67. The Morgan fingerprint density at radius 2 is 1.54 bits per heavy atom. The zero-order valence-corrected chi connectivity index (χ0v) is 10.6. The van der Waals surface area contributed by atoms with Crippen molar-refractivity contribution in [3.8, 4) is 0 Å². The summed E-state index contributed by atoms with van der Waals surface area (Å²) in [6, 6.07) is 0. The normalized spacial score (nSPS) is 12.0. The highest BCUT2D eigenvalue weighted by Gasteiger charge is 2.16. The third kappa shape index (κ3) is 8.76. The van der Waals surface area contributed by atoms with Gasteiger partial charge in [0.05, 0.1) is 0 Å². The van der Waals surface area contributed by atoms with Crippen molar-refractivity contribution in [1.82, 2.24) is 0 Å². The Hall–Kier alpha value is 0.440. The van der Waals surface area contributed by atoms with Crippen LogP contribution in [0.4, 0.5) is 0 Å². The summed E-state index contributed by atoms with van der Waals surface area (Å²) in [5.41, 5.74) is 0.470. The fraction of sp³-hybridized carbons (Fsp3) is 1.00. The molecule has 13 heavy (non-hydrogen) atoms. The topological polar surface area (TPSA) is 20.2 Å². The van der Waals surface area contributed by atoms with Crippen LogP contribution in [0.3, 0.4) is 0 Å². The van der Waals surface area contributed by atoms with Crippen LogP contribution >= 0.6 is 15.9 Å². The van der Waals surface area contributed by atoms with Gasteiger partial charge in [-0.25, -0.2) is 0 Å². The van der Waals surface area contributed by atoms with Crippen LogP contribution < -0.4 is 0 Å². The molecule has 1 N–H and O–H groups in total. The number of aliphatic hydroxyl groups excluding tert-OH is 1. The quantitative estimate of drug-likeness (QED) is 0.514. The molecule has 0 aromatic rings. The van der Waals surface area contributed by atoms with E-state index in [1.807, 2.05) is 0 Å². The first kappa shape index (κ1) is 13.4. The van der Waals surface area contributed by atoms with E-state index in [4.69, 9.17) is 5.11 Å². The van der Waals surface area contributed by atoms with Gasteiger partial charge in [-0.15, -0.1) is 0 Å². The lowest BCUT2D eigenvalue weighted by atomic mass is 9.82. The number of halogens is 1. The third-order valence-electron chi connectivity index (χ3n) is 2.50. The molecule has 0 atom stereocenters. The number of alkyl halides is 1. The molecular formula is C11H23BrO. The lowest BCUT2D eigenvalue weighted by molar-refractivity contribution is 0.249. The zero-order valence-electron chi connectivity index (χ0n) is 8.98. The summed E-state index contributed by atoms with van der Waals surface area (Å²) in [5.74, 6) is 0. The number of hydrogen-bond donors (Lipinski definition) is 1. The van der Waals surface area contributed by atoms with E-state index in [1.165, 1.54) is 25.7 Å². The highest BCUT2D eigenvalue weighted by Crippen LogP contribution is 2.29. The van der Waals surface area contributed by atoms with Crippen LogP contribution in [0.15, 0.2) is 0 Å². The molecular weight excluding hydrogens is 228 g/mol. The number of aliphatic hydroxyl groups is 1. The fourth-order valence-corrected chi connectivity index (χ4v) is 1.93. The molecule has 0 aromatic carbocycles. The maximum Gasteiger partial charge on any atom is 0.0431 e. The van der Waals surface area contributed by atoms with Crippen molar-refractivity contribution in [2.75, 3.05) is 11.9 Å². The zero-order chi connectivity index (χ0) is 10.2. The molecule has 0 aliphatic heterocycles. The van der Waals surface area contributed by atoms with E-state index >= 15 is 0 Å². The summed E-state index contributed by atoms with van der Waals surface area (Å²) < 4.78 is 0. The predicted molar refractivity (Wildman–Crippen MR) is 62.4 cm³/mol. The van der Waals surface area contributed by atoms with Gasteiger partial charge in [-0.2, -0.15) is 0 Å². The van der Waals surface area contributed by atoms with Gasteiger partial charge in [0.25, 0.3) is 0 Å². The first-order chi connectivity index (χ1) is 6.12. The molecule has 0 rings (SSSR count). The molecule has 1 nitrogen and oxygen atoms in total. The molecule has 80 valence electrons. The minimum Gasteiger partial charge on any atom is -0.396 e. The largest absolute Gasteiger partial charge is 0.396 e. The summed E-state index contributed by atoms with van der Waals surface area (Å²) in [6.07, 6.45) is 7.28. The second-order valence-corrected chi connectivity index (χ2v) is 5.28. The van der Waals surface area contributed by atoms with Crippen LogP contribution in [0.1, 0.15) is 52.4 Å². The monoisotopic (exact) mass is 250 g/mol. The van der Waals surface area contributed by atoms with Gasteiger partial charge in [0.15, 0.2) is 0 Å². The van der Waals surface area contributed by atoms with Crippen LogP contribution in [-0.4, -0.2) is 17.0 Å². The van der Waals surface area contributed by atoms with Crippen molar-refractivity contribution < 1.29 is 5.11 Å². The second-order valence-electron chi connectivity index (χ2n) is 4.49. The SMILES string of the molecule is CC(C)(CCCCO)CCCCBr. The summed E-state index contributed by atoms with van der Waals surface area (Å²) >= 11 is 3.45. The van der Waals surface area contributed by atoms with Crippen LogP contribution in [0.2, 0.25) is 0 Å². The summed E-state index contributed by atoms with van der Waals surface area (Å²) in [7, 11) is 0. The van der Waals surface area contributed by atoms with Gasteiger partial charge in [-0.05, 0) is 31.1 Å². The minimum atomic E-state index is 0.345. The molecule has 0 saturated heterocycles. The van der Waals surface area contributed by atoms with Crippen LogP contribution in [0.5, 0.6) is 0 Å². The highest BCUT2D eigenvalue weighted by molar-refractivity contribution is 9.09. The van der Waals surface area contributed by atoms with E-state index in [0.717, 1.165) is 18.2 Å². The van der Waals surface area contributed by atoms with Gasteiger partial charge in [0, 0.05) is 11.9 Å². The van der Waals surface area contributed by atoms with Crippen LogP contribution in [0.25, 0.3) is 0 Å². The van der Waals surface area contributed by atoms with E-state index in [-0.39, 0.29) is 0 Å². The van der Waals surface area contributed by atoms with Gasteiger partial charge in [-0.3, -0.25) is 0 Å². The highest BCUT2D eigenvalue weighted by atomic mass is 79.9. The number of rotatable bonds is 8. The predicted octanol–water partition coefficient (Wildman–Crippen LogP) is 3.74. The van der Waals surface area contributed by atoms with Crippen LogP contribution in [-0.2, 0) is 0 Å². The van der Waals surface area contributed by atoms with Crippen molar-refractivity contribution >= 4 is 15.9 Å². The summed E-state index contributed by atoms with van der Waals surface area (Å²) in [6.45, 7) is 5.01. The van der Waals surface area contributed by atoms with Crippen molar-refractivity contribution in [2.45, 2.75) is 52.4 Å². The van der Waals surface area contributed by atoms with Crippen molar-refractivity contribution in [1.29, 1.82) is 0 Å². The first-order valence-electron chi connectivity index (χ1n) is 5.29. The lowest BCUT2D eigenvalue weighted by Crippen LogP contribution is -2.11. The maximum absolute atomic E-state index is 8.67. The van der Waals surface area contributed by atoms with E-state index in [1.54, 1.807) is 0 Å². The lowest BCUT2D eigenvalue weighted by Gasteiger charge is -2.24. The molecule has 0 unspecified atom stereocenters. The third-order valence-corrected chi connectivity index (χ3v) is 3.06. The minimum absolute atomic E-state index is 0.345. The second kappa shape index (κ2) is 7.81. The fourth-order valence-electron chi connectivity index (χ4n) is 1.54. The Balaban J connectivity index is 3.42. The molecule has 0 spiro atoms. The summed E-state index contributed by atoms with van der Waals surface area (Å²) in [5, 5.41) is 9.80. The Labute approximate surface area is 91.1 Å². The van der Waals surface area contributed by atoms with Crippen molar-refractivity contribution in [3.05, 3.63) is 0 Å². The smallest absolute Gasteiger partial charge is 0.0431 e. The van der Waals surface area contributed by atoms with Crippen molar-refractivity contribution in [2.24, 2.45) is 5.41 Å². The average molecular weight is 251 g/mol. The Morgan fingerprint density at radius 3 is 2.00 bits per heavy atom. The Bertz CT molecular complexity index is 101. The molecule has 2 heteroatoms. The Morgan fingerprint density at radius 1 is 1.00 bits per heavy atom. The van der Waals surface area contributed by atoms with Gasteiger partial charge < -0.3 is 5.11 Å². The molecule has 0 aliphatic carbocycles. The number of hydrogen-bond acceptors (Lipinski definition) is 1. The molecule has 0 heterocycles.